The molecule has 0 saturated carbocycles. The minimum absolute atomic E-state index is 0.0983. The van der Waals surface area contributed by atoms with Crippen molar-refractivity contribution in [1.82, 2.24) is 9.55 Å². The van der Waals surface area contributed by atoms with E-state index in [4.69, 9.17) is 16.3 Å². The van der Waals surface area contributed by atoms with Gasteiger partial charge in [0.2, 0.25) is 0 Å². The summed E-state index contributed by atoms with van der Waals surface area (Å²) in [5.74, 6) is 2.39. The molecule has 4 nitrogen and oxygen atoms in total. The number of carbonyl (C=O) groups excluding carboxylic acids is 1. The molecule has 24 heavy (non-hydrogen) atoms. The molecule has 0 saturated heterocycles. The highest BCUT2D eigenvalue weighted by Crippen LogP contribution is 2.23. The predicted octanol–water partition coefficient (Wildman–Crippen LogP) is 4.91. The largest absolute Gasteiger partial charge is 0.457 e. The average molecular weight is 341 g/mol. The van der Waals surface area contributed by atoms with Gasteiger partial charge in [-0.15, -0.1) is 0 Å². The zero-order valence-corrected chi connectivity index (χ0v) is 14.0. The van der Waals surface area contributed by atoms with E-state index < -0.39 is 0 Å². The van der Waals surface area contributed by atoms with Gasteiger partial charge in [-0.3, -0.25) is 4.79 Å². The third kappa shape index (κ3) is 4.03. The highest BCUT2D eigenvalue weighted by molar-refractivity contribution is 6.30. The zero-order valence-electron chi connectivity index (χ0n) is 13.3. The summed E-state index contributed by atoms with van der Waals surface area (Å²) in [4.78, 5) is 16.4. The number of imidazole rings is 1. The van der Waals surface area contributed by atoms with Gasteiger partial charge in [-0.05, 0) is 55.5 Å². The Kier molecular flexibility index (Phi) is 4.96. The first-order chi connectivity index (χ1) is 11.6. The molecule has 0 amide bonds. The Morgan fingerprint density at radius 3 is 2.29 bits per heavy atom. The highest BCUT2D eigenvalue weighted by Gasteiger charge is 2.07. The van der Waals surface area contributed by atoms with Crippen LogP contribution in [0.15, 0.2) is 60.9 Å². The SMILES string of the molecule is Cc1nccn1CCC(=O)c1ccc(Oc2ccc(Cl)cc2)cc1. The van der Waals surface area contributed by atoms with Crippen molar-refractivity contribution in [3.8, 4) is 11.5 Å². The monoisotopic (exact) mass is 340 g/mol. The van der Waals surface area contributed by atoms with E-state index in [1.165, 1.54) is 0 Å². The number of benzene rings is 2. The molecule has 0 radical (unpaired) electrons. The number of nitrogens with zero attached hydrogens (tertiary/aromatic N) is 2. The first kappa shape index (κ1) is 16.3. The van der Waals surface area contributed by atoms with Crippen LogP contribution in [-0.4, -0.2) is 15.3 Å². The van der Waals surface area contributed by atoms with Crippen LogP contribution >= 0.6 is 11.6 Å². The second kappa shape index (κ2) is 7.32. The molecular formula is C19H17ClN2O2. The number of aromatic nitrogens is 2. The molecule has 0 bridgehead atoms. The molecule has 0 atom stereocenters. The van der Waals surface area contributed by atoms with E-state index in [0.29, 0.717) is 35.1 Å². The molecule has 3 rings (SSSR count). The number of hydrogen-bond donors (Lipinski definition) is 0. The number of ether oxygens (including phenoxy) is 1. The quantitative estimate of drug-likeness (QED) is 0.599. The molecule has 122 valence electrons. The summed E-state index contributed by atoms with van der Waals surface area (Å²) in [5.41, 5.74) is 0.677. The van der Waals surface area contributed by atoms with Crippen LogP contribution in [0.2, 0.25) is 5.02 Å². The van der Waals surface area contributed by atoms with Crippen molar-refractivity contribution in [1.29, 1.82) is 0 Å². The number of hydrogen-bond acceptors (Lipinski definition) is 3. The van der Waals surface area contributed by atoms with Crippen LogP contribution in [0.3, 0.4) is 0 Å². The molecule has 0 N–H and O–H groups in total. The van der Waals surface area contributed by atoms with Crippen LogP contribution in [0.5, 0.6) is 11.5 Å². The summed E-state index contributed by atoms with van der Waals surface area (Å²) in [6.07, 6.45) is 4.06. The van der Waals surface area contributed by atoms with E-state index in [9.17, 15) is 4.79 Å². The Morgan fingerprint density at radius 1 is 1.08 bits per heavy atom. The van der Waals surface area contributed by atoms with E-state index in [2.05, 4.69) is 4.98 Å². The third-order valence-corrected chi connectivity index (χ3v) is 3.98. The van der Waals surface area contributed by atoms with Crippen molar-refractivity contribution in [2.45, 2.75) is 19.9 Å². The van der Waals surface area contributed by atoms with Gasteiger partial charge in [-0.1, -0.05) is 11.6 Å². The van der Waals surface area contributed by atoms with E-state index in [-0.39, 0.29) is 5.78 Å². The fraction of sp³-hybridized carbons (Fsp3) is 0.158. The zero-order chi connectivity index (χ0) is 16.9. The van der Waals surface area contributed by atoms with Crippen molar-refractivity contribution in [3.05, 3.63) is 77.3 Å². The minimum Gasteiger partial charge on any atom is -0.457 e. The van der Waals surface area contributed by atoms with E-state index in [0.717, 1.165) is 5.82 Å². The smallest absolute Gasteiger partial charge is 0.164 e. The number of rotatable bonds is 6. The second-order valence-electron chi connectivity index (χ2n) is 5.42. The fourth-order valence-electron chi connectivity index (χ4n) is 2.35. The first-order valence-corrected chi connectivity index (χ1v) is 8.04. The number of halogens is 1. The standard InChI is InChI=1S/C19H17ClN2O2/c1-14-21-11-13-22(14)12-10-19(23)15-2-6-17(7-3-15)24-18-8-4-16(20)5-9-18/h2-9,11,13H,10,12H2,1H3. The predicted molar refractivity (Wildman–Crippen MR) is 93.9 cm³/mol. The second-order valence-corrected chi connectivity index (χ2v) is 5.86. The van der Waals surface area contributed by atoms with Gasteiger partial charge in [0, 0.05) is 35.9 Å². The summed E-state index contributed by atoms with van der Waals surface area (Å²) >= 11 is 5.85. The van der Waals surface area contributed by atoms with Gasteiger partial charge >= 0.3 is 0 Å². The summed E-state index contributed by atoms with van der Waals surface area (Å²) in [6.45, 7) is 2.56. The van der Waals surface area contributed by atoms with E-state index >= 15 is 0 Å². The summed E-state index contributed by atoms with van der Waals surface area (Å²) in [5, 5.41) is 0.663. The van der Waals surface area contributed by atoms with Gasteiger partial charge in [0.15, 0.2) is 5.78 Å². The number of carbonyl (C=O) groups is 1. The van der Waals surface area contributed by atoms with Crippen LogP contribution in [0.4, 0.5) is 0 Å². The molecule has 1 heterocycles. The molecule has 0 aliphatic carbocycles. The number of ketones is 1. The van der Waals surface area contributed by atoms with Crippen molar-refractivity contribution >= 4 is 17.4 Å². The van der Waals surface area contributed by atoms with Gasteiger partial charge in [0.05, 0.1) is 0 Å². The average Bonchev–Trinajstić information content (AvgIpc) is 3.00. The Balaban J connectivity index is 1.60. The van der Waals surface area contributed by atoms with Crippen LogP contribution < -0.4 is 4.74 Å². The minimum atomic E-state index is 0.0983. The number of Topliss-reactive ketones (excluding diaryl/α,β-unsaturated/α-hetero) is 1. The van der Waals surface area contributed by atoms with Gasteiger partial charge in [0.1, 0.15) is 17.3 Å². The van der Waals surface area contributed by atoms with E-state index in [1.54, 1.807) is 54.7 Å². The van der Waals surface area contributed by atoms with Crippen molar-refractivity contribution in [3.63, 3.8) is 0 Å². The topological polar surface area (TPSA) is 44.1 Å². The number of aryl methyl sites for hydroxylation is 2. The lowest BCUT2D eigenvalue weighted by Crippen LogP contribution is -2.06. The Labute approximate surface area is 145 Å². The van der Waals surface area contributed by atoms with Crippen LogP contribution in [-0.2, 0) is 6.54 Å². The third-order valence-electron chi connectivity index (χ3n) is 3.73. The van der Waals surface area contributed by atoms with E-state index in [1.807, 2.05) is 17.7 Å². The molecule has 0 aliphatic rings. The van der Waals surface area contributed by atoms with Crippen molar-refractivity contribution in [2.75, 3.05) is 0 Å². The van der Waals surface area contributed by atoms with Gasteiger partial charge in [-0.25, -0.2) is 4.98 Å². The summed E-state index contributed by atoms with van der Waals surface area (Å²) in [7, 11) is 0. The Hall–Kier alpha value is -2.59. The lowest BCUT2D eigenvalue weighted by atomic mass is 10.1. The molecule has 0 aliphatic heterocycles. The lowest BCUT2D eigenvalue weighted by Gasteiger charge is -2.07. The van der Waals surface area contributed by atoms with Crippen LogP contribution in [0.25, 0.3) is 0 Å². The van der Waals surface area contributed by atoms with Crippen molar-refractivity contribution in [2.24, 2.45) is 0 Å². The maximum atomic E-state index is 12.3. The summed E-state index contributed by atoms with van der Waals surface area (Å²) < 4.78 is 7.69. The maximum Gasteiger partial charge on any atom is 0.164 e. The molecule has 3 aromatic rings. The van der Waals surface area contributed by atoms with Crippen LogP contribution in [0, 0.1) is 6.92 Å². The highest BCUT2D eigenvalue weighted by atomic mass is 35.5. The first-order valence-electron chi connectivity index (χ1n) is 7.66. The normalized spacial score (nSPS) is 10.6. The Morgan fingerprint density at radius 2 is 1.71 bits per heavy atom. The van der Waals surface area contributed by atoms with Crippen molar-refractivity contribution < 1.29 is 9.53 Å². The van der Waals surface area contributed by atoms with Gasteiger partial charge < -0.3 is 9.30 Å². The molecule has 0 spiro atoms. The fourth-order valence-corrected chi connectivity index (χ4v) is 2.48. The summed E-state index contributed by atoms with van der Waals surface area (Å²) in [6, 6.07) is 14.3. The van der Waals surface area contributed by atoms with Gasteiger partial charge in [0.25, 0.3) is 0 Å². The maximum absolute atomic E-state index is 12.3. The molecule has 2 aromatic carbocycles. The lowest BCUT2D eigenvalue weighted by molar-refractivity contribution is 0.0977. The Bertz CT molecular complexity index is 823. The molecular weight excluding hydrogens is 324 g/mol. The molecule has 0 unspecified atom stereocenters. The molecule has 5 heteroatoms. The van der Waals surface area contributed by atoms with Crippen LogP contribution in [0.1, 0.15) is 22.6 Å². The van der Waals surface area contributed by atoms with Gasteiger partial charge in [-0.2, -0.15) is 0 Å². The molecule has 0 fully saturated rings. The molecule has 1 aromatic heterocycles.